The maximum Gasteiger partial charge on any atom is 0.140 e. The smallest absolute Gasteiger partial charge is 0.140 e. The first-order valence-corrected chi connectivity index (χ1v) is 7.36. The summed E-state index contributed by atoms with van der Waals surface area (Å²) in [5.74, 6) is 0.765. The van der Waals surface area contributed by atoms with Crippen LogP contribution in [0.3, 0.4) is 0 Å². The van der Waals surface area contributed by atoms with Crippen LogP contribution < -0.4 is 10.5 Å². The Hall–Kier alpha value is -0.730. The molecule has 2 nitrogen and oxygen atoms in total. The van der Waals surface area contributed by atoms with Gasteiger partial charge < -0.3 is 10.5 Å². The van der Waals surface area contributed by atoms with Gasteiger partial charge >= 0.3 is 0 Å². The van der Waals surface area contributed by atoms with E-state index in [0.717, 1.165) is 30.6 Å². The molecule has 108 valence electrons. The molecule has 0 spiro atoms. The second-order valence-corrected chi connectivity index (χ2v) is 6.17. The van der Waals surface area contributed by atoms with E-state index in [9.17, 15) is 0 Å². The van der Waals surface area contributed by atoms with Crippen molar-refractivity contribution in [3.63, 3.8) is 0 Å². The minimum atomic E-state index is 0.112. The minimum absolute atomic E-state index is 0.112. The summed E-state index contributed by atoms with van der Waals surface area (Å²) in [6.07, 6.45) is 2.81. The molecule has 19 heavy (non-hydrogen) atoms. The molecule has 0 heterocycles. The Morgan fingerprint density at radius 1 is 1.32 bits per heavy atom. The van der Waals surface area contributed by atoms with Crippen LogP contribution in [0.4, 0.5) is 0 Å². The molecular weight excluding hydrogens is 258 g/mol. The van der Waals surface area contributed by atoms with Crippen LogP contribution in [-0.2, 0) is 11.8 Å². The van der Waals surface area contributed by atoms with Crippen molar-refractivity contribution in [3.05, 3.63) is 28.3 Å². The van der Waals surface area contributed by atoms with Gasteiger partial charge in [-0.25, -0.2) is 0 Å². The van der Waals surface area contributed by atoms with Crippen molar-refractivity contribution in [1.29, 1.82) is 0 Å². The average Bonchev–Trinajstić information content (AvgIpc) is 2.38. The van der Waals surface area contributed by atoms with Gasteiger partial charge in [-0.1, -0.05) is 45.4 Å². The summed E-state index contributed by atoms with van der Waals surface area (Å²) in [6.45, 7) is 8.75. The minimum Gasteiger partial charge on any atom is -0.495 e. The highest BCUT2D eigenvalue weighted by Crippen LogP contribution is 2.36. The van der Waals surface area contributed by atoms with Gasteiger partial charge in [-0.15, -0.1) is 0 Å². The molecule has 1 aromatic carbocycles. The molecule has 1 unspecified atom stereocenters. The van der Waals surface area contributed by atoms with Gasteiger partial charge in [0.1, 0.15) is 5.75 Å². The molecule has 0 aliphatic carbocycles. The molecular formula is C16H26ClNO. The lowest BCUT2D eigenvalue weighted by Crippen LogP contribution is -2.23. The Kier molecular flexibility index (Phi) is 5.69. The first-order valence-electron chi connectivity index (χ1n) is 6.98. The zero-order valence-electron chi connectivity index (χ0n) is 12.7. The number of methoxy groups -OCH3 is 1. The molecule has 0 bridgehead atoms. The third kappa shape index (κ3) is 3.87. The van der Waals surface area contributed by atoms with E-state index < -0.39 is 0 Å². The lowest BCUT2D eigenvalue weighted by atomic mass is 9.81. The van der Waals surface area contributed by atoms with E-state index in [1.54, 1.807) is 7.11 Å². The highest BCUT2D eigenvalue weighted by atomic mass is 35.5. The first-order chi connectivity index (χ1) is 8.85. The van der Waals surface area contributed by atoms with Crippen molar-refractivity contribution in [2.45, 2.75) is 58.4 Å². The summed E-state index contributed by atoms with van der Waals surface area (Å²) >= 11 is 6.36. The molecule has 1 aromatic rings. The fourth-order valence-corrected chi connectivity index (χ4v) is 2.37. The second kappa shape index (κ2) is 6.62. The third-order valence-corrected chi connectivity index (χ3v) is 4.28. The van der Waals surface area contributed by atoms with Gasteiger partial charge in [0.05, 0.1) is 12.1 Å². The van der Waals surface area contributed by atoms with Gasteiger partial charge in [0.2, 0.25) is 0 Å². The highest BCUT2D eigenvalue weighted by Gasteiger charge is 2.22. The van der Waals surface area contributed by atoms with Crippen LogP contribution in [0.1, 0.15) is 51.7 Å². The SMILES string of the molecule is CCC(N)Cc1cc(C(C)(C)CC)cc(Cl)c1OC. The molecule has 3 heteroatoms. The Balaban J connectivity index is 3.26. The molecule has 2 N–H and O–H groups in total. The van der Waals surface area contributed by atoms with Gasteiger partial charge in [0.15, 0.2) is 0 Å². The normalized spacial score (nSPS) is 13.4. The summed E-state index contributed by atoms with van der Waals surface area (Å²) in [7, 11) is 1.66. The zero-order chi connectivity index (χ0) is 14.6. The van der Waals surface area contributed by atoms with E-state index in [4.69, 9.17) is 22.1 Å². The number of benzene rings is 1. The van der Waals surface area contributed by atoms with Crippen molar-refractivity contribution >= 4 is 11.6 Å². The quantitative estimate of drug-likeness (QED) is 0.844. The molecule has 1 rings (SSSR count). The standard InChI is InChI=1S/C16H26ClNO/c1-6-13(18)9-11-8-12(16(3,4)7-2)10-14(17)15(11)19-5/h8,10,13H,6-7,9,18H2,1-5H3. The van der Waals surface area contributed by atoms with Crippen molar-refractivity contribution in [1.82, 2.24) is 0 Å². The fraction of sp³-hybridized carbons (Fsp3) is 0.625. The van der Waals surface area contributed by atoms with Crippen LogP contribution in [0.15, 0.2) is 12.1 Å². The van der Waals surface area contributed by atoms with E-state index in [2.05, 4.69) is 33.8 Å². The molecule has 0 saturated heterocycles. The number of ether oxygens (including phenoxy) is 1. The fourth-order valence-electron chi connectivity index (χ4n) is 2.05. The lowest BCUT2D eigenvalue weighted by Gasteiger charge is -2.26. The molecule has 1 atom stereocenters. The van der Waals surface area contributed by atoms with E-state index in [1.165, 1.54) is 5.56 Å². The number of halogens is 1. The van der Waals surface area contributed by atoms with Crippen molar-refractivity contribution in [2.75, 3.05) is 7.11 Å². The van der Waals surface area contributed by atoms with Crippen molar-refractivity contribution in [2.24, 2.45) is 5.73 Å². The largest absolute Gasteiger partial charge is 0.495 e. The summed E-state index contributed by atoms with van der Waals surface area (Å²) in [4.78, 5) is 0. The molecule has 0 fully saturated rings. The number of hydrogen-bond donors (Lipinski definition) is 1. The third-order valence-electron chi connectivity index (χ3n) is 4.00. The number of rotatable bonds is 6. The summed E-state index contributed by atoms with van der Waals surface area (Å²) in [5.41, 5.74) is 8.54. The first kappa shape index (κ1) is 16.3. The second-order valence-electron chi connectivity index (χ2n) is 5.76. The van der Waals surface area contributed by atoms with Gasteiger partial charge in [-0.2, -0.15) is 0 Å². The summed E-state index contributed by atoms with van der Waals surface area (Å²) in [5, 5.41) is 0.680. The molecule has 0 aliphatic rings. The average molecular weight is 284 g/mol. The summed E-state index contributed by atoms with van der Waals surface area (Å²) < 4.78 is 5.44. The molecule has 0 aliphatic heterocycles. The van der Waals surface area contributed by atoms with Gasteiger partial charge in [0, 0.05) is 6.04 Å². The predicted octanol–water partition coefficient (Wildman–Crippen LogP) is 4.32. The van der Waals surface area contributed by atoms with Crippen LogP contribution in [0.2, 0.25) is 5.02 Å². The van der Waals surface area contributed by atoms with E-state index in [1.807, 2.05) is 6.07 Å². The Bertz CT molecular complexity index is 429. The van der Waals surface area contributed by atoms with E-state index in [-0.39, 0.29) is 11.5 Å². The van der Waals surface area contributed by atoms with Crippen LogP contribution >= 0.6 is 11.6 Å². The lowest BCUT2D eigenvalue weighted by molar-refractivity contribution is 0.406. The van der Waals surface area contributed by atoms with E-state index >= 15 is 0 Å². The maximum atomic E-state index is 6.36. The van der Waals surface area contributed by atoms with Crippen LogP contribution in [0.5, 0.6) is 5.75 Å². The van der Waals surface area contributed by atoms with Crippen molar-refractivity contribution in [3.8, 4) is 5.75 Å². The Morgan fingerprint density at radius 3 is 2.42 bits per heavy atom. The molecule has 0 radical (unpaired) electrons. The van der Waals surface area contributed by atoms with Gasteiger partial charge in [-0.3, -0.25) is 0 Å². The van der Waals surface area contributed by atoms with Gasteiger partial charge in [0.25, 0.3) is 0 Å². The Morgan fingerprint density at radius 2 is 1.95 bits per heavy atom. The predicted molar refractivity (Wildman–Crippen MR) is 83.3 cm³/mol. The summed E-state index contributed by atoms with van der Waals surface area (Å²) in [6, 6.07) is 4.36. The molecule has 0 amide bonds. The number of nitrogens with two attached hydrogens (primary N) is 1. The van der Waals surface area contributed by atoms with Crippen molar-refractivity contribution < 1.29 is 4.74 Å². The maximum absolute atomic E-state index is 6.36. The highest BCUT2D eigenvalue weighted by molar-refractivity contribution is 6.32. The van der Waals surface area contributed by atoms with Crippen LogP contribution in [0, 0.1) is 0 Å². The van der Waals surface area contributed by atoms with Crippen LogP contribution in [-0.4, -0.2) is 13.2 Å². The Labute approximate surface area is 122 Å². The topological polar surface area (TPSA) is 35.2 Å². The number of hydrogen-bond acceptors (Lipinski definition) is 2. The van der Waals surface area contributed by atoms with E-state index in [0.29, 0.717) is 5.02 Å². The zero-order valence-corrected chi connectivity index (χ0v) is 13.5. The van der Waals surface area contributed by atoms with Gasteiger partial charge in [-0.05, 0) is 41.9 Å². The molecule has 0 aromatic heterocycles. The van der Waals surface area contributed by atoms with Crippen LogP contribution in [0.25, 0.3) is 0 Å². The molecule has 0 saturated carbocycles. The monoisotopic (exact) mass is 283 g/mol.